The van der Waals surface area contributed by atoms with Crippen LogP contribution in [0.3, 0.4) is 0 Å². The first-order valence-corrected chi connectivity index (χ1v) is 4.41. The van der Waals surface area contributed by atoms with Gasteiger partial charge in [0.25, 0.3) is 0 Å². The Kier molecular flexibility index (Phi) is 8.70. The van der Waals surface area contributed by atoms with Crippen molar-refractivity contribution in [3.05, 3.63) is 0 Å². The fourth-order valence-corrected chi connectivity index (χ4v) is 0.712. The van der Waals surface area contributed by atoms with Gasteiger partial charge in [-0.3, -0.25) is 4.99 Å². The zero-order valence-corrected chi connectivity index (χ0v) is 8.38. The van der Waals surface area contributed by atoms with Gasteiger partial charge in [-0.05, 0) is 6.92 Å². The van der Waals surface area contributed by atoms with E-state index in [0.29, 0.717) is 32.3 Å². The Bertz CT molecular complexity index is 139. The average molecular weight is 189 g/mol. The lowest BCUT2D eigenvalue weighted by atomic mass is 10.6. The van der Waals surface area contributed by atoms with E-state index in [1.807, 2.05) is 6.92 Å². The third-order valence-electron chi connectivity index (χ3n) is 1.31. The van der Waals surface area contributed by atoms with Crippen LogP contribution in [0.5, 0.6) is 0 Å². The number of nitrogens with two attached hydrogens (primary N) is 1. The van der Waals surface area contributed by atoms with E-state index >= 15 is 0 Å². The van der Waals surface area contributed by atoms with Gasteiger partial charge in [-0.2, -0.15) is 0 Å². The number of methoxy groups -OCH3 is 1. The smallest absolute Gasteiger partial charge is 0.188 e. The van der Waals surface area contributed by atoms with E-state index < -0.39 is 0 Å². The second-order valence-electron chi connectivity index (χ2n) is 2.40. The fraction of sp³-hybridized carbons (Fsp3) is 0.875. The molecule has 0 bridgehead atoms. The van der Waals surface area contributed by atoms with Crippen molar-refractivity contribution < 1.29 is 9.47 Å². The molecule has 5 heteroatoms. The van der Waals surface area contributed by atoms with E-state index in [1.54, 1.807) is 7.11 Å². The van der Waals surface area contributed by atoms with Crippen molar-refractivity contribution >= 4 is 5.96 Å². The average Bonchev–Trinajstić information content (AvgIpc) is 2.11. The number of hydrogen-bond acceptors (Lipinski definition) is 3. The molecule has 0 saturated carbocycles. The van der Waals surface area contributed by atoms with Gasteiger partial charge in [-0.15, -0.1) is 0 Å². The molecule has 0 aromatic heterocycles. The Hall–Kier alpha value is -0.810. The summed E-state index contributed by atoms with van der Waals surface area (Å²) >= 11 is 0. The zero-order chi connectivity index (χ0) is 9.94. The lowest BCUT2D eigenvalue weighted by molar-refractivity contribution is 0.0748. The van der Waals surface area contributed by atoms with Gasteiger partial charge >= 0.3 is 0 Å². The number of rotatable bonds is 7. The van der Waals surface area contributed by atoms with Crippen molar-refractivity contribution in [1.82, 2.24) is 5.32 Å². The summed E-state index contributed by atoms with van der Waals surface area (Å²) in [4.78, 5) is 4.03. The highest BCUT2D eigenvalue weighted by Crippen LogP contribution is 1.77. The molecular weight excluding hydrogens is 170 g/mol. The van der Waals surface area contributed by atoms with Crippen molar-refractivity contribution in [3.63, 3.8) is 0 Å². The number of hydrogen-bond donors (Lipinski definition) is 2. The standard InChI is InChI=1S/C8H19N3O2/c1-3-10-8(9)11-4-5-13-7-6-12-2/h3-7H2,1-2H3,(H3,9,10,11). The van der Waals surface area contributed by atoms with Gasteiger partial charge < -0.3 is 20.5 Å². The molecule has 0 saturated heterocycles. The molecule has 0 aliphatic carbocycles. The van der Waals surface area contributed by atoms with E-state index in [4.69, 9.17) is 15.2 Å². The maximum absolute atomic E-state index is 5.48. The minimum Gasteiger partial charge on any atom is -0.382 e. The maximum atomic E-state index is 5.48. The fourth-order valence-electron chi connectivity index (χ4n) is 0.712. The summed E-state index contributed by atoms with van der Waals surface area (Å²) in [5.41, 5.74) is 5.48. The molecule has 3 N–H and O–H groups in total. The van der Waals surface area contributed by atoms with E-state index in [0.717, 1.165) is 6.54 Å². The lowest BCUT2D eigenvalue weighted by Gasteiger charge is -2.02. The second kappa shape index (κ2) is 9.28. The largest absolute Gasteiger partial charge is 0.382 e. The molecular formula is C8H19N3O2. The van der Waals surface area contributed by atoms with Crippen LogP contribution >= 0.6 is 0 Å². The number of nitrogens with one attached hydrogen (secondary N) is 1. The van der Waals surface area contributed by atoms with E-state index in [2.05, 4.69) is 10.3 Å². The molecule has 0 aromatic carbocycles. The summed E-state index contributed by atoms with van der Waals surface area (Å²) in [7, 11) is 1.64. The normalized spacial score (nSPS) is 11.7. The van der Waals surface area contributed by atoms with Crippen LogP contribution in [0.2, 0.25) is 0 Å². The predicted molar refractivity (Wildman–Crippen MR) is 52.9 cm³/mol. The quantitative estimate of drug-likeness (QED) is 0.324. The summed E-state index contributed by atoms with van der Waals surface area (Å²) < 4.78 is 10.00. The van der Waals surface area contributed by atoms with Gasteiger partial charge in [-0.1, -0.05) is 0 Å². The molecule has 0 heterocycles. The van der Waals surface area contributed by atoms with Crippen molar-refractivity contribution in [2.24, 2.45) is 10.7 Å². The Morgan fingerprint density at radius 2 is 2.15 bits per heavy atom. The van der Waals surface area contributed by atoms with Gasteiger partial charge in [-0.25, -0.2) is 0 Å². The molecule has 0 aromatic rings. The van der Waals surface area contributed by atoms with Gasteiger partial charge in [0.1, 0.15) is 0 Å². The summed E-state index contributed by atoms with van der Waals surface area (Å²) in [5, 5.41) is 2.90. The zero-order valence-electron chi connectivity index (χ0n) is 8.38. The summed E-state index contributed by atoms with van der Waals surface area (Å²) in [6.07, 6.45) is 0. The highest BCUT2D eigenvalue weighted by atomic mass is 16.5. The Morgan fingerprint density at radius 1 is 1.38 bits per heavy atom. The molecule has 0 aliphatic heterocycles. The van der Waals surface area contributed by atoms with Gasteiger partial charge in [0.15, 0.2) is 5.96 Å². The molecule has 0 rings (SSSR count). The Morgan fingerprint density at radius 3 is 2.77 bits per heavy atom. The highest BCUT2D eigenvalue weighted by Gasteiger charge is 1.88. The van der Waals surface area contributed by atoms with E-state index in [9.17, 15) is 0 Å². The minimum absolute atomic E-state index is 0.470. The lowest BCUT2D eigenvalue weighted by Crippen LogP contribution is -2.31. The van der Waals surface area contributed by atoms with Crippen LogP contribution in [-0.2, 0) is 9.47 Å². The maximum Gasteiger partial charge on any atom is 0.188 e. The first-order valence-electron chi connectivity index (χ1n) is 4.41. The van der Waals surface area contributed by atoms with Crippen LogP contribution in [-0.4, -0.2) is 46.0 Å². The summed E-state index contributed by atoms with van der Waals surface area (Å²) in [6.45, 7) is 5.15. The molecule has 0 atom stereocenters. The SMILES string of the molecule is CCNC(N)=NCCOCCOC. The second-order valence-corrected chi connectivity index (χ2v) is 2.40. The minimum atomic E-state index is 0.470. The number of guanidine groups is 1. The van der Waals surface area contributed by atoms with Crippen LogP contribution in [0.1, 0.15) is 6.92 Å². The van der Waals surface area contributed by atoms with Crippen molar-refractivity contribution in [2.75, 3.05) is 40.0 Å². The summed E-state index contributed by atoms with van der Waals surface area (Å²) in [5.74, 6) is 0.470. The Balaban J connectivity index is 3.18. The van der Waals surface area contributed by atoms with Gasteiger partial charge in [0, 0.05) is 13.7 Å². The molecule has 78 valence electrons. The van der Waals surface area contributed by atoms with Gasteiger partial charge in [0.2, 0.25) is 0 Å². The van der Waals surface area contributed by atoms with Gasteiger partial charge in [0.05, 0.1) is 26.4 Å². The summed E-state index contributed by atoms with van der Waals surface area (Å²) in [6, 6.07) is 0. The number of ether oxygens (including phenoxy) is 2. The first kappa shape index (κ1) is 12.2. The topological polar surface area (TPSA) is 68.9 Å². The molecule has 0 aliphatic rings. The van der Waals surface area contributed by atoms with Crippen molar-refractivity contribution in [1.29, 1.82) is 0 Å². The number of nitrogens with zero attached hydrogens (tertiary/aromatic N) is 1. The molecule has 0 fully saturated rings. The van der Waals surface area contributed by atoms with Crippen LogP contribution < -0.4 is 11.1 Å². The van der Waals surface area contributed by atoms with Crippen LogP contribution in [0.25, 0.3) is 0 Å². The molecule has 0 spiro atoms. The number of aliphatic imine (C=N–C) groups is 1. The molecule has 0 radical (unpaired) electrons. The molecule has 0 unspecified atom stereocenters. The molecule has 0 amide bonds. The van der Waals surface area contributed by atoms with E-state index in [1.165, 1.54) is 0 Å². The Labute approximate surface area is 79.3 Å². The monoisotopic (exact) mass is 189 g/mol. The van der Waals surface area contributed by atoms with Crippen molar-refractivity contribution in [2.45, 2.75) is 6.92 Å². The van der Waals surface area contributed by atoms with Crippen LogP contribution in [0.4, 0.5) is 0 Å². The van der Waals surface area contributed by atoms with Crippen molar-refractivity contribution in [3.8, 4) is 0 Å². The predicted octanol–water partition coefficient (Wildman–Crippen LogP) is -0.426. The van der Waals surface area contributed by atoms with E-state index in [-0.39, 0.29) is 0 Å². The highest BCUT2D eigenvalue weighted by molar-refractivity contribution is 5.77. The van der Waals surface area contributed by atoms with Crippen LogP contribution in [0, 0.1) is 0 Å². The third-order valence-corrected chi connectivity index (χ3v) is 1.31. The molecule has 5 nitrogen and oxygen atoms in total. The van der Waals surface area contributed by atoms with Crippen LogP contribution in [0.15, 0.2) is 4.99 Å². The third kappa shape index (κ3) is 9.10. The first-order chi connectivity index (χ1) is 6.31. The molecule has 13 heavy (non-hydrogen) atoms.